The smallest absolute Gasteiger partial charge is 0.271 e. The SMILES string of the molecule is O=C1NCCCc2[nH]c(CC3CCN(C4CCCC4)CC3)nc21. The van der Waals surface area contributed by atoms with Crippen molar-refractivity contribution in [2.45, 2.75) is 63.8 Å². The first-order chi connectivity index (χ1) is 11.3. The minimum Gasteiger partial charge on any atom is -0.351 e. The molecule has 2 aliphatic heterocycles. The van der Waals surface area contributed by atoms with E-state index in [1.54, 1.807) is 0 Å². The van der Waals surface area contributed by atoms with Crippen molar-refractivity contribution in [1.29, 1.82) is 0 Å². The third-order valence-corrected chi connectivity index (χ3v) is 5.90. The summed E-state index contributed by atoms with van der Waals surface area (Å²) in [5.74, 6) is 1.73. The van der Waals surface area contributed by atoms with Crippen LogP contribution >= 0.6 is 0 Å². The number of nitrogens with zero attached hydrogens (tertiary/aromatic N) is 2. The van der Waals surface area contributed by atoms with E-state index in [4.69, 9.17) is 0 Å². The number of rotatable bonds is 3. The van der Waals surface area contributed by atoms with E-state index in [2.05, 4.69) is 20.2 Å². The molecule has 1 saturated carbocycles. The van der Waals surface area contributed by atoms with Crippen molar-refractivity contribution in [2.75, 3.05) is 19.6 Å². The molecule has 4 rings (SSSR count). The van der Waals surface area contributed by atoms with Crippen molar-refractivity contribution in [1.82, 2.24) is 20.2 Å². The minimum atomic E-state index is -0.00365. The van der Waals surface area contributed by atoms with E-state index >= 15 is 0 Å². The molecule has 1 amide bonds. The molecular formula is C18H28N4O. The molecule has 5 nitrogen and oxygen atoms in total. The molecule has 126 valence electrons. The summed E-state index contributed by atoms with van der Waals surface area (Å²) in [5.41, 5.74) is 1.68. The molecule has 0 aromatic carbocycles. The number of H-pyrrole nitrogens is 1. The predicted octanol–water partition coefficient (Wildman–Crippen LogP) is 2.28. The molecule has 0 radical (unpaired) electrons. The molecule has 2 N–H and O–H groups in total. The molecule has 0 unspecified atom stereocenters. The van der Waals surface area contributed by atoms with Gasteiger partial charge in [-0.05, 0) is 57.5 Å². The van der Waals surface area contributed by atoms with Gasteiger partial charge in [0.05, 0.1) is 0 Å². The van der Waals surface area contributed by atoms with Crippen LogP contribution in [-0.4, -0.2) is 46.5 Å². The summed E-state index contributed by atoms with van der Waals surface area (Å²) < 4.78 is 0. The van der Waals surface area contributed by atoms with Gasteiger partial charge in [0.2, 0.25) is 0 Å². The molecule has 23 heavy (non-hydrogen) atoms. The van der Waals surface area contributed by atoms with Gasteiger partial charge in [-0.1, -0.05) is 12.8 Å². The van der Waals surface area contributed by atoms with Crippen molar-refractivity contribution in [3.05, 3.63) is 17.2 Å². The van der Waals surface area contributed by atoms with Gasteiger partial charge in [-0.25, -0.2) is 4.98 Å². The van der Waals surface area contributed by atoms with E-state index in [-0.39, 0.29) is 5.91 Å². The van der Waals surface area contributed by atoms with Gasteiger partial charge in [-0.3, -0.25) is 4.79 Å². The average molecular weight is 316 g/mol. The Hall–Kier alpha value is -1.36. The molecule has 0 bridgehead atoms. The zero-order valence-corrected chi connectivity index (χ0v) is 13.9. The third-order valence-electron chi connectivity index (χ3n) is 5.90. The molecule has 1 aliphatic carbocycles. The summed E-state index contributed by atoms with van der Waals surface area (Å²) in [6, 6.07) is 0.860. The monoisotopic (exact) mass is 316 g/mol. The van der Waals surface area contributed by atoms with Gasteiger partial charge >= 0.3 is 0 Å². The van der Waals surface area contributed by atoms with Gasteiger partial charge in [0.25, 0.3) is 5.91 Å². The first-order valence-electron chi connectivity index (χ1n) is 9.39. The van der Waals surface area contributed by atoms with Crippen LogP contribution in [0.5, 0.6) is 0 Å². The van der Waals surface area contributed by atoms with Crippen LogP contribution in [0.2, 0.25) is 0 Å². The first kappa shape index (κ1) is 15.2. The van der Waals surface area contributed by atoms with E-state index in [1.165, 1.54) is 51.6 Å². The number of carbonyl (C=O) groups is 1. The first-order valence-corrected chi connectivity index (χ1v) is 9.39. The van der Waals surface area contributed by atoms with Gasteiger partial charge in [0, 0.05) is 24.7 Å². The van der Waals surface area contributed by atoms with Crippen molar-refractivity contribution < 1.29 is 4.79 Å². The molecule has 5 heteroatoms. The Kier molecular flexibility index (Phi) is 4.38. The fraction of sp³-hybridized carbons (Fsp3) is 0.778. The van der Waals surface area contributed by atoms with E-state index in [9.17, 15) is 4.79 Å². The number of nitrogens with one attached hydrogen (secondary N) is 2. The van der Waals surface area contributed by atoms with E-state index in [1.807, 2.05) is 0 Å². The van der Waals surface area contributed by atoms with Gasteiger partial charge in [0.1, 0.15) is 11.5 Å². The number of imidazole rings is 1. The van der Waals surface area contributed by atoms with Crippen molar-refractivity contribution in [3.63, 3.8) is 0 Å². The van der Waals surface area contributed by atoms with Gasteiger partial charge in [-0.2, -0.15) is 0 Å². The number of piperidine rings is 1. The standard InChI is InChI=1S/C18H28N4O/c23-18-17-15(6-3-9-19-18)20-16(21-17)12-13-7-10-22(11-8-13)14-4-1-2-5-14/h13-14H,1-12H2,(H,19,23)(H,20,21). The quantitative estimate of drug-likeness (QED) is 0.899. The van der Waals surface area contributed by atoms with Crippen LogP contribution in [0.15, 0.2) is 0 Å². The Morgan fingerprint density at radius 3 is 2.65 bits per heavy atom. The lowest BCUT2D eigenvalue weighted by Crippen LogP contribution is -2.40. The third kappa shape index (κ3) is 3.30. The average Bonchev–Trinajstić information content (AvgIpc) is 3.19. The van der Waals surface area contributed by atoms with Gasteiger partial charge in [-0.15, -0.1) is 0 Å². The largest absolute Gasteiger partial charge is 0.351 e. The lowest BCUT2D eigenvalue weighted by atomic mass is 9.92. The van der Waals surface area contributed by atoms with Crippen molar-refractivity contribution >= 4 is 5.91 Å². The van der Waals surface area contributed by atoms with Crippen LogP contribution < -0.4 is 5.32 Å². The van der Waals surface area contributed by atoms with Crippen molar-refractivity contribution in [2.24, 2.45) is 5.92 Å². The number of hydrogen-bond donors (Lipinski definition) is 2. The zero-order valence-electron chi connectivity index (χ0n) is 13.9. The molecule has 2 fully saturated rings. The number of aryl methyl sites for hydroxylation is 1. The number of aromatic nitrogens is 2. The number of amides is 1. The summed E-state index contributed by atoms with van der Waals surface area (Å²) in [6.45, 7) is 3.25. The van der Waals surface area contributed by atoms with Crippen LogP contribution in [0.3, 0.4) is 0 Å². The van der Waals surface area contributed by atoms with Crippen LogP contribution in [0.25, 0.3) is 0 Å². The molecule has 3 heterocycles. The second-order valence-corrected chi connectivity index (χ2v) is 7.49. The highest BCUT2D eigenvalue weighted by Crippen LogP contribution is 2.29. The molecule has 3 aliphatic rings. The number of fused-ring (bicyclic) bond motifs is 1. The number of aromatic amines is 1. The minimum absolute atomic E-state index is 0.00365. The maximum absolute atomic E-state index is 12.0. The Balaban J connectivity index is 1.34. The topological polar surface area (TPSA) is 61.0 Å². The maximum Gasteiger partial charge on any atom is 0.271 e. The van der Waals surface area contributed by atoms with E-state index in [0.29, 0.717) is 11.6 Å². The Morgan fingerprint density at radius 1 is 1.09 bits per heavy atom. The predicted molar refractivity (Wildman–Crippen MR) is 89.5 cm³/mol. The second kappa shape index (κ2) is 6.63. The highest BCUT2D eigenvalue weighted by molar-refractivity contribution is 5.93. The lowest BCUT2D eigenvalue weighted by molar-refractivity contribution is 0.0951. The molecule has 1 aromatic heterocycles. The Bertz CT molecular complexity index is 553. The Labute approximate surface area is 138 Å². The van der Waals surface area contributed by atoms with E-state index in [0.717, 1.165) is 43.4 Å². The molecule has 0 spiro atoms. The van der Waals surface area contributed by atoms with Gasteiger partial charge < -0.3 is 15.2 Å². The summed E-state index contributed by atoms with van der Waals surface area (Å²) >= 11 is 0. The maximum atomic E-state index is 12.0. The lowest BCUT2D eigenvalue weighted by Gasteiger charge is -2.35. The molecule has 1 aromatic rings. The fourth-order valence-electron chi connectivity index (χ4n) is 4.55. The zero-order chi connectivity index (χ0) is 15.6. The van der Waals surface area contributed by atoms with Crippen LogP contribution in [-0.2, 0) is 12.8 Å². The summed E-state index contributed by atoms with van der Waals surface area (Å²) in [7, 11) is 0. The molecule has 0 atom stereocenters. The second-order valence-electron chi connectivity index (χ2n) is 7.49. The number of likely N-dealkylation sites (tertiary alicyclic amines) is 1. The molecule has 1 saturated heterocycles. The number of carbonyl (C=O) groups excluding carboxylic acids is 1. The normalized spacial score (nSPS) is 24.4. The fourth-order valence-corrected chi connectivity index (χ4v) is 4.55. The van der Waals surface area contributed by atoms with Crippen LogP contribution in [0.1, 0.15) is 67.0 Å². The molecular weight excluding hydrogens is 288 g/mol. The summed E-state index contributed by atoms with van der Waals surface area (Å²) in [4.78, 5) is 22.8. The Morgan fingerprint density at radius 2 is 1.87 bits per heavy atom. The highest BCUT2D eigenvalue weighted by atomic mass is 16.1. The van der Waals surface area contributed by atoms with E-state index < -0.39 is 0 Å². The van der Waals surface area contributed by atoms with Crippen LogP contribution in [0.4, 0.5) is 0 Å². The number of hydrogen-bond acceptors (Lipinski definition) is 3. The summed E-state index contributed by atoms with van der Waals surface area (Å²) in [6.07, 6.45) is 11.1. The highest BCUT2D eigenvalue weighted by Gasteiger charge is 2.28. The van der Waals surface area contributed by atoms with Gasteiger partial charge in [0.15, 0.2) is 0 Å². The van der Waals surface area contributed by atoms with Crippen molar-refractivity contribution in [3.8, 4) is 0 Å². The van der Waals surface area contributed by atoms with Crippen LogP contribution in [0, 0.1) is 5.92 Å². The summed E-state index contributed by atoms with van der Waals surface area (Å²) in [5, 5.41) is 2.93.